The largest absolute Gasteiger partial charge is 0.491 e. The van der Waals surface area contributed by atoms with E-state index in [1.165, 1.54) is 4.90 Å². The van der Waals surface area contributed by atoms with Crippen LogP contribution in [-0.4, -0.2) is 52.4 Å². The highest BCUT2D eigenvalue weighted by molar-refractivity contribution is 6.35. The van der Waals surface area contributed by atoms with Gasteiger partial charge in [0.15, 0.2) is 0 Å². The maximum absolute atomic E-state index is 11.8. The van der Waals surface area contributed by atoms with Crippen LogP contribution in [0.3, 0.4) is 0 Å². The summed E-state index contributed by atoms with van der Waals surface area (Å²) in [5.41, 5.74) is 2.67. The molecule has 3 rings (SSSR count). The molecular weight excluding hydrogens is 503 g/mol. The van der Waals surface area contributed by atoms with E-state index >= 15 is 0 Å². The average Bonchev–Trinajstić information content (AvgIpc) is 3.14. The number of aryl methyl sites for hydroxylation is 1. The van der Waals surface area contributed by atoms with Gasteiger partial charge >= 0.3 is 5.97 Å². The third-order valence-corrected chi connectivity index (χ3v) is 6.84. The monoisotopic (exact) mass is 534 g/mol. The Kier molecular flexibility index (Phi) is 10.2. The number of carbonyl (C=O) groups excluding carboxylic acids is 2. The van der Waals surface area contributed by atoms with Gasteiger partial charge in [0.1, 0.15) is 12.4 Å². The number of rotatable bonds is 13. The second-order valence-corrected chi connectivity index (χ2v) is 9.83. The van der Waals surface area contributed by atoms with Crippen LogP contribution in [0.2, 0.25) is 10.0 Å². The first-order chi connectivity index (χ1) is 17.2. The first kappa shape index (κ1) is 28.0. The highest BCUT2D eigenvalue weighted by atomic mass is 35.5. The van der Waals surface area contributed by atoms with Gasteiger partial charge in [-0.3, -0.25) is 24.2 Å². The van der Waals surface area contributed by atoms with E-state index in [4.69, 9.17) is 27.9 Å². The molecule has 36 heavy (non-hydrogen) atoms. The van der Waals surface area contributed by atoms with E-state index in [9.17, 15) is 19.5 Å². The lowest BCUT2D eigenvalue weighted by atomic mass is 10.00. The Bertz CT molecular complexity index is 1090. The molecule has 0 aliphatic carbocycles. The summed E-state index contributed by atoms with van der Waals surface area (Å²) in [6.07, 6.45) is 2.34. The van der Waals surface area contributed by atoms with E-state index < -0.39 is 12.0 Å². The van der Waals surface area contributed by atoms with E-state index in [-0.39, 0.29) is 44.2 Å². The van der Waals surface area contributed by atoms with Gasteiger partial charge in [0, 0.05) is 35.5 Å². The van der Waals surface area contributed by atoms with Gasteiger partial charge in [0.2, 0.25) is 11.8 Å². The van der Waals surface area contributed by atoms with Crippen LogP contribution in [0.15, 0.2) is 36.4 Å². The summed E-state index contributed by atoms with van der Waals surface area (Å²) in [6, 6.07) is 10.6. The second-order valence-electron chi connectivity index (χ2n) is 8.99. The molecule has 0 aromatic heterocycles. The molecule has 9 heteroatoms. The van der Waals surface area contributed by atoms with Crippen molar-refractivity contribution in [3.05, 3.63) is 63.1 Å². The molecule has 1 fully saturated rings. The Hall–Kier alpha value is -2.61. The van der Waals surface area contributed by atoms with E-state index in [0.717, 1.165) is 29.5 Å². The predicted molar refractivity (Wildman–Crippen MR) is 139 cm³/mol. The Morgan fingerprint density at radius 1 is 1.14 bits per heavy atom. The smallest absolute Gasteiger partial charge is 0.305 e. The molecule has 1 heterocycles. The van der Waals surface area contributed by atoms with Crippen molar-refractivity contribution in [2.75, 3.05) is 19.7 Å². The van der Waals surface area contributed by atoms with E-state index in [0.29, 0.717) is 28.9 Å². The molecule has 2 aromatic carbocycles. The van der Waals surface area contributed by atoms with Crippen molar-refractivity contribution >= 4 is 41.0 Å². The number of carbonyl (C=O) groups is 3. The molecule has 1 saturated heterocycles. The molecule has 1 N–H and O–H groups in total. The third kappa shape index (κ3) is 7.45. The van der Waals surface area contributed by atoms with Crippen LogP contribution >= 0.6 is 23.2 Å². The lowest BCUT2D eigenvalue weighted by Crippen LogP contribution is -2.33. The molecule has 1 unspecified atom stereocenters. The molecule has 0 radical (unpaired) electrons. The van der Waals surface area contributed by atoms with Crippen molar-refractivity contribution in [2.24, 2.45) is 0 Å². The minimum Gasteiger partial charge on any atom is -0.491 e. The van der Waals surface area contributed by atoms with Crippen molar-refractivity contribution in [2.45, 2.75) is 58.5 Å². The number of imide groups is 1. The number of hydrogen-bond donors (Lipinski definition) is 1. The fourth-order valence-corrected chi connectivity index (χ4v) is 4.94. The summed E-state index contributed by atoms with van der Waals surface area (Å²) in [6.45, 7) is 5.75. The summed E-state index contributed by atoms with van der Waals surface area (Å²) in [5.74, 6) is -0.526. The summed E-state index contributed by atoms with van der Waals surface area (Å²) in [4.78, 5) is 38.7. The molecule has 1 aliphatic heterocycles. The highest BCUT2D eigenvalue weighted by Crippen LogP contribution is 2.34. The van der Waals surface area contributed by atoms with Gasteiger partial charge in [-0.05, 0) is 54.8 Å². The van der Waals surface area contributed by atoms with Crippen LogP contribution in [0.4, 0.5) is 0 Å². The summed E-state index contributed by atoms with van der Waals surface area (Å²) in [5, 5.41) is 10.6. The van der Waals surface area contributed by atoms with Gasteiger partial charge in [-0.2, -0.15) is 0 Å². The molecule has 1 aliphatic rings. The average molecular weight is 535 g/mol. The minimum atomic E-state index is -0.901. The Labute approximate surface area is 221 Å². The highest BCUT2D eigenvalue weighted by Gasteiger charge is 2.28. The number of carboxylic acid groups (broad SMARTS) is 1. The summed E-state index contributed by atoms with van der Waals surface area (Å²) < 4.78 is 5.85. The van der Waals surface area contributed by atoms with Gasteiger partial charge in [-0.25, -0.2) is 0 Å². The van der Waals surface area contributed by atoms with Gasteiger partial charge in [0.25, 0.3) is 0 Å². The number of ether oxygens (including phenoxy) is 1. The van der Waals surface area contributed by atoms with Crippen LogP contribution in [0.1, 0.15) is 61.8 Å². The van der Waals surface area contributed by atoms with Gasteiger partial charge in [-0.15, -0.1) is 0 Å². The third-order valence-electron chi connectivity index (χ3n) is 6.28. The van der Waals surface area contributed by atoms with Crippen molar-refractivity contribution < 1.29 is 24.2 Å². The number of halogens is 2. The standard InChI is InChI=1S/C27H32Cl2N2O5/c1-3-4-11-30(23(16-27(34)35)21-7-6-20(28)15-22(21)29)17-19-5-8-24(18(2)14-19)36-13-12-31-25(32)9-10-26(31)33/h5-8,14-15,23H,3-4,9-13,16-17H2,1-2H3,(H,34,35). The van der Waals surface area contributed by atoms with Gasteiger partial charge in [0.05, 0.1) is 13.0 Å². The number of unbranched alkanes of at least 4 members (excludes halogenated alkanes) is 1. The molecule has 0 spiro atoms. The van der Waals surface area contributed by atoms with Crippen LogP contribution < -0.4 is 4.74 Å². The minimum absolute atomic E-state index is 0.0841. The van der Waals surface area contributed by atoms with E-state index in [1.807, 2.05) is 25.1 Å². The van der Waals surface area contributed by atoms with Gasteiger partial charge < -0.3 is 9.84 Å². The van der Waals surface area contributed by atoms with Crippen LogP contribution in [-0.2, 0) is 20.9 Å². The topological polar surface area (TPSA) is 87.2 Å². The Morgan fingerprint density at radius 2 is 1.86 bits per heavy atom. The van der Waals surface area contributed by atoms with Crippen LogP contribution in [0.5, 0.6) is 5.75 Å². The summed E-state index contributed by atoms with van der Waals surface area (Å²) >= 11 is 12.6. The molecule has 194 valence electrons. The molecule has 2 aromatic rings. The second kappa shape index (κ2) is 13.1. The van der Waals surface area contributed by atoms with Crippen molar-refractivity contribution in [1.29, 1.82) is 0 Å². The molecule has 0 bridgehead atoms. The molecule has 1 atom stereocenters. The SMILES string of the molecule is CCCCN(Cc1ccc(OCCN2C(=O)CCC2=O)c(C)c1)C(CC(=O)O)c1ccc(Cl)cc1Cl. The molecule has 2 amide bonds. The predicted octanol–water partition coefficient (Wildman–Crippen LogP) is 5.65. The normalized spacial score (nSPS) is 14.5. The first-order valence-electron chi connectivity index (χ1n) is 12.2. The quantitative estimate of drug-likeness (QED) is 0.334. The van der Waals surface area contributed by atoms with Crippen molar-refractivity contribution in [1.82, 2.24) is 9.80 Å². The number of nitrogens with zero attached hydrogens (tertiary/aromatic N) is 2. The Balaban J connectivity index is 1.75. The maximum atomic E-state index is 11.8. The van der Waals surface area contributed by atoms with E-state index in [1.54, 1.807) is 18.2 Å². The number of carboxylic acids is 1. The fraction of sp³-hybridized carbons (Fsp3) is 0.444. The molecule has 0 saturated carbocycles. The fourth-order valence-electron chi connectivity index (χ4n) is 4.40. The van der Waals surface area contributed by atoms with Gasteiger partial charge in [-0.1, -0.05) is 54.7 Å². The van der Waals surface area contributed by atoms with Crippen LogP contribution in [0, 0.1) is 6.92 Å². The maximum Gasteiger partial charge on any atom is 0.305 e. The number of hydrogen-bond acceptors (Lipinski definition) is 5. The van der Waals surface area contributed by atoms with Crippen LogP contribution in [0.25, 0.3) is 0 Å². The van der Waals surface area contributed by atoms with Crippen molar-refractivity contribution in [3.63, 3.8) is 0 Å². The number of likely N-dealkylation sites (tertiary alicyclic amines) is 1. The lowest BCUT2D eigenvalue weighted by molar-refractivity contribution is -0.140. The van der Waals surface area contributed by atoms with E-state index in [2.05, 4.69) is 11.8 Å². The zero-order valence-corrected chi connectivity index (χ0v) is 22.1. The molecule has 7 nitrogen and oxygen atoms in total. The molecular formula is C27H32Cl2N2O5. The number of aliphatic carboxylic acids is 1. The van der Waals surface area contributed by atoms with Crippen molar-refractivity contribution in [3.8, 4) is 5.75 Å². The first-order valence-corrected chi connectivity index (χ1v) is 12.9. The number of benzene rings is 2. The lowest BCUT2D eigenvalue weighted by Gasteiger charge is -2.32. The zero-order chi connectivity index (χ0) is 26.2. The zero-order valence-electron chi connectivity index (χ0n) is 20.6. The summed E-state index contributed by atoms with van der Waals surface area (Å²) in [7, 11) is 0. The number of amides is 2. The Morgan fingerprint density at radius 3 is 2.47 bits per heavy atom.